The zero-order valence-electron chi connectivity index (χ0n) is 11.2. The normalized spacial score (nSPS) is 12.9. The Morgan fingerprint density at radius 1 is 1.22 bits per heavy atom. The van der Waals surface area contributed by atoms with Gasteiger partial charge in [0.2, 0.25) is 0 Å². The molecule has 1 aromatic carbocycles. The molecule has 18 heavy (non-hydrogen) atoms. The molecule has 0 heterocycles. The summed E-state index contributed by atoms with van der Waals surface area (Å²) in [7, 11) is 0. The summed E-state index contributed by atoms with van der Waals surface area (Å²) in [5, 5.41) is 9.32. The molecule has 0 saturated heterocycles. The van der Waals surface area contributed by atoms with E-state index in [1.807, 2.05) is 0 Å². The predicted octanol–water partition coefficient (Wildman–Crippen LogP) is 3.04. The van der Waals surface area contributed by atoms with E-state index >= 15 is 0 Å². The lowest BCUT2D eigenvalue weighted by Crippen LogP contribution is -2.14. The first kappa shape index (κ1) is 15.1. The average molecular weight is 254 g/mol. The van der Waals surface area contributed by atoms with E-state index in [0.29, 0.717) is 12.5 Å². The lowest BCUT2D eigenvalue weighted by atomic mass is 9.97. The molecule has 0 saturated carbocycles. The van der Waals surface area contributed by atoms with Crippen molar-refractivity contribution in [2.75, 3.05) is 19.8 Å². The van der Waals surface area contributed by atoms with Crippen LogP contribution >= 0.6 is 0 Å². The third kappa shape index (κ3) is 6.12. The quantitative estimate of drug-likeness (QED) is 0.723. The van der Waals surface area contributed by atoms with Gasteiger partial charge in [0.25, 0.3) is 0 Å². The summed E-state index contributed by atoms with van der Waals surface area (Å²) in [5.74, 6) is 0.497. The first-order valence-corrected chi connectivity index (χ1v) is 6.55. The van der Waals surface area contributed by atoms with Crippen LogP contribution in [0, 0.1) is 17.7 Å². The maximum absolute atomic E-state index is 12.8. The summed E-state index contributed by atoms with van der Waals surface area (Å²) in [6.07, 6.45) is 1.60. The topological polar surface area (TPSA) is 29.5 Å². The fraction of sp³-hybridized carbons (Fsp3) is 0.600. The molecule has 2 nitrogen and oxygen atoms in total. The standard InChI is InChI=1S/C15H23FO2/c1-12(2)11-18-8-7-14(10-17)9-13-3-5-15(16)6-4-13/h3-6,12,14,17H,7-11H2,1-2H3. The monoisotopic (exact) mass is 254 g/mol. The molecule has 0 aromatic heterocycles. The Kier molecular flexibility index (Phi) is 6.91. The maximum Gasteiger partial charge on any atom is 0.123 e. The van der Waals surface area contributed by atoms with E-state index in [4.69, 9.17) is 4.74 Å². The van der Waals surface area contributed by atoms with Crippen LogP contribution in [0.4, 0.5) is 4.39 Å². The number of hydrogen-bond acceptors (Lipinski definition) is 2. The fourth-order valence-electron chi connectivity index (χ4n) is 1.78. The molecular formula is C15H23FO2. The van der Waals surface area contributed by atoms with E-state index in [9.17, 15) is 9.50 Å². The van der Waals surface area contributed by atoms with Crippen molar-refractivity contribution in [2.45, 2.75) is 26.7 Å². The summed E-state index contributed by atoms with van der Waals surface area (Å²) in [6, 6.07) is 6.46. The predicted molar refractivity (Wildman–Crippen MR) is 71.0 cm³/mol. The van der Waals surface area contributed by atoms with E-state index < -0.39 is 0 Å². The Bertz CT molecular complexity index is 322. The van der Waals surface area contributed by atoms with Crippen molar-refractivity contribution in [3.05, 3.63) is 35.6 Å². The van der Waals surface area contributed by atoms with Gasteiger partial charge >= 0.3 is 0 Å². The molecule has 1 unspecified atom stereocenters. The number of benzene rings is 1. The number of ether oxygens (including phenoxy) is 1. The van der Waals surface area contributed by atoms with E-state index in [2.05, 4.69) is 13.8 Å². The average Bonchev–Trinajstić information content (AvgIpc) is 2.35. The molecule has 0 amide bonds. The lowest BCUT2D eigenvalue weighted by Gasteiger charge is -2.15. The molecule has 3 heteroatoms. The second kappa shape index (κ2) is 8.22. The summed E-state index contributed by atoms with van der Waals surface area (Å²) >= 11 is 0. The van der Waals surface area contributed by atoms with Crippen molar-refractivity contribution in [3.8, 4) is 0 Å². The van der Waals surface area contributed by atoms with Gasteiger partial charge in [0.05, 0.1) is 0 Å². The highest BCUT2D eigenvalue weighted by molar-refractivity contribution is 5.16. The van der Waals surface area contributed by atoms with Crippen LogP contribution in [-0.4, -0.2) is 24.9 Å². The summed E-state index contributed by atoms with van der Waals surface area (Å²) in [4.78, 5) is 0. The van der Waals surface area contributed by atoms with Crippen LogP contribution in [0.3, 0.4) is 0 Å². The minimum absolute atomic E-state index is 0.141. The zero-order chi connectivity index (χ0) is 13.4. The van der Waals surface area contributed by atoms with Gasteiger partial charge < -0.3 is 9.84 Å². The van der Waals surface area contributed by atoms with Gasteiger partial charge in [-0.1, -0.05) is 26.0 Å². The van der Waals surface area contributed by atoms with Gasteiger partial charge in [0.15, 0.2) is 0 Å². The Balaban J connectivity index is 2.30. The van der Waals surface area contributed by atoms with Crippen molar-refractivity contribution in [2.24, 2.45) is 11.8 Å². The van der Waals surface area contributed by atoms with Crippen molar-refractivity contribution >= 4 is 0 Å². The van der Waals surface area contributed by atoms with Crippen molar-refractivity contribution in [3.63, 3.8) is 0 Å². The Morgan fingerprint density at radius 2 is 1.89 bits per heavy atom. The number of aliphatic hydroxyl groups is 1. The second-order valence-electron chi connectivity index (χ2n) is 5.14. The van der Waals surface area contributed by atoms with Crippen LogP contribution in [0.25, 0.3) is 0 Å². The molecule has 0 aliphatic carbocycles. The molecule has 0 radical (unpaired) electrons. The van der Waals surface area contributed by atoms with Crippen LogP contribution in [-0.2, 0) is 11.2 Å². The van der Waals surface area contributed by atoms with E-state index in [-0.39, 0.29) is 18.3 Å². The highest BCUT2D eigenvalue weighted by atomic mass is 19.1. The molecule has 1 rings (SSSR count). The van der Waals surface area contributed by atoms with Gasteiger partial charge in [-0.2, -0.15) is 0 Å². The number of halogens is 1. The minimum atomic E-state index is -0.223. The molecule has 1 N–H and O–H groups in total. The summed E-state index contributed by atoms with van der Waals surface area (Å²) < 4.78 is 18.3. The number of hydrogen-bond donors (Lipinski definition) is 1. The summed E-state index contributed by atoms with van der Waals surface area (Å²) in [6.45, 7) is 5.80. The van der Waals surface area contributed by atoms with Gasteiger partial charge in [-0.15, -0.1) is 0 Å². The largest absolute Gasteiger partial charge is 0.396 e. The highest BCUT2D eigenvalue weighted by Gasteiger charge is 2.09. The molecule has 1 aromatic rings. The minimum Gasteiger partial charge on any atom is -0.396 e. The Morgan fingerprint density at radius 3 is 2.44 bits per heavy atom. The van der Waals surface area contributed by atoms with E-state index in [0.717, 1.165) is 25.0 Å². The molecular weight excluding hydrogens is 231 g/mol. The van der Waals surface area contributed by atoms with E-state index in [1.54, 1.807) is 12.1 Å². The van der Waals surface area contributed by atoms with Gasteiger partial charge in [-0.3, -0.25) is 0 Å². The van der Waals surface area contributed by atoms with E-state index in [1.165, 1.54) is 12.1 Å². The van der Waals surface area contributed by atoms with Gasteiger partial charge in [-0.25, -0.2) is 4.39 Å². The first-order chi connectivity index (χ1) is 8.61. The van der Waals surface area contributed by atoms with Crippen LogP contribution < -0.4 is 0 Å². The number of rotatable bonds is 8. The third-order valence-corrected chi connectivity index (χ3v) is 2.82. The fourth-order valence-corrected chi connectivity index (χ4v) is 1.78. The van der Waals surface area contributed by atoms with Crippen molar-refractivity contribution in [1.29, 1.82) is 0 Å². The summed E-state index contributed by atoms with van der Waals surface area (Å²) in [5.41, 5.74) is 1.05. The van der Waals surface area contributed by atoms with Crippen molar-refractivity contribution in [1.82, 2.24) is 0 Å². The molecule has 1 atom stereocenters. The van der Waals surface area contributed by atoms with Crippen LogP contribution in [0.2, 0.25) is 0 Å². The molecule has 0 aliphatic heterocycles. The zero-order valence-corrected chi connectivity index (χ0v) is 11.2. The molecule has 0 spiro atoms. The number of aliphatic hydroxyl groups excluding tert-OH is 1. The lowest BCUT2D eigenvalue weighted by molar-refractivity contribution is 0.0878. The van der Waals surface area contributed by atoms with Crippen LogP contribution in [0.15, 0.2) is 24.3 Å². The van der Waals surface area contributed by atoms with Crippen molar-refractivity contribution < 1.29 is 14.2 Å². The SMILES string of the molecule is CC(C)COCCC(CO)Cc1ccc(F)cc1. The van der Waals surface area contributed by atoms with Crippen LogP contribution in [0.1, 0.15) is 25.8 Å². The van der Waals surface area contributed by atoms with Crippen LogP contribution in [0.5, 0.6) is 0 Å². The maximum atomic E-state index is 12.8. The Hall–Kier alpha value is -0.930. The molecule has 0 bridgehead atoms. The smallest absolute Gasteiger partial charge is 0.123 e. The van der Waals surface area contributed by atoms with Gasteiger partial charge in [0, 0.05) is 19.8 Å². The first-order valence-electron chi connectivity index (χ1n) is 6.55. The van der Waals surface area contributed by atoms with Gasteiger partial charge in [-0.05, 0) is 42.4 Å². The molecule has 0 aliphatic rings. The molecule has 0 fully saturated rings. The Labute approximate surface area is 109 Å². The molecule has 102 valence electrons. The highest BCUT2D eigenvalue weighted by Crippen LogP contribution is 2.13. The second-order valence-corrected chi connectivity index (χ2v) is 5.14. The van der Waals surface area contributed by atoms with Gasteiger partial charge in [0.1, 0.15) is 5.82 Å². The third-order valence-electron chi connectivity index (χ3n) is 2.82.